The Labute approximate surface area is 104 Å². The monoisotopic (exact) mass is 244 g/mol. The van der Waals surface area contributed by atoms with Crippen molar-refractivity contribution in [2.75, 3.05) is 5.32 Å². The molecular weight excluding hydrogens is 232 g/mol. The lowest BCUT2D eigenvalue weighted by atomic mass is 10.1. The van der Waals surface area contributed by atoms with Gasteiger partial charge in [0.1, 0.15) is 11.9 Å². The van der Waals surface area contributed by atoms with E-state index in [1.54, 1.807) is 18.5 Å². The summed E-state index contributed by atoms with van der Waals surface area (Å²) in [4.78, 5) is 18.1. The van der Waals surface area contributed by atoms with Gasteiger partial charge in [-0.3, -0.25) is 20.1 Å². The van der Waals surface area contributed by atoms with E-state index in [2.05, 4.69) is 15.3 Å². The van der Waals surface area contributed by atoms with Crippen molar-refractivity contribution < 1.29 is 4.92 Å². The number of rotatable bonds is 4. The largest absolute Gasteiger partial charge is 0.375 e. The van der Waals surface area contributed by atoms with E-state index in [4.69, 9.17) is 0 Å². The molecule has 0 saturated heterocycles. The molecule has 0 spiro atoms. The van der Waals surface area contributed by atoms with Gasteiger partial charge in [-0.25, -0.2) is 0 Å². The fourth-order valence-corrected chi connectivity index (χ4v) is 1.55. The summed E-state index contributed by atoms with van der Waals surface area (Å²) in [6, 6.07) is 3.49. The summed E-state index contributed by atoms with van der Waals surface area (Å²) < 4.78 is 0. The smallest absolute Gasteiger partial charge is 0.310 e. The van der Waals surface area contributed by atoms with Crippen molar-refractivity contribution in [2.24, 2.45) is 0 Å². The minimum absolute atomic E-state index is 0.0287. The molecule has 18 heavy (non-hydrogen) atoms. The van der Waals surface area contributed by atoms with E-state index in [0.717, 1.165) is 11.1 Å². The second-order valence-electron chi connectivity index (χ2n) is 3.81. The Kier molecular flexibility index (Phi) is 3.47. The number of hydrogen-bond donors (Lipinski definition) is 1. The van der Waals surface area contributed by atoms with Crippen molar-refractivity contribution in [3.8, 4) is 0 Å². The molecule has 0 aromatic carbocycles. The first-order chi connectivity index (χ1) is 8.68. The van der Waals surface area contributed by atoms with Crippen molar-refractivity contribution in [1.82, 2.24) is 9.97 Å². The number of nitrogens with zero attached hydrogens (tertiary/aromatic N) is 3. The first-order valence-electron chi connectivity index (χ1n) is 5.40. The minimum atomic E-state index is -0.453. The molecule has 0 fully saturated rings. The Morgan fingerprint density at radius 3 is 2.72 bits per heavy atom. The van der Waals surface area contributed by atoms with Crippen LogP contribution in [0.4, 0.5) is 11.4 Å². The van der Waals surface area contributed by atoms with Gasteiger partial charge < -0.3 is 5.32 Å². The SMILES string of the molecule is Cc1ccncc1CNc1ccncc1[N+](=O)[O-]. The zero-order valence-corrected chi connectivity index (χ0v) is 9.83. The summed E-state index contributed by atoms with van der Waals surface area (Å²) >= 11 is 0. The summed E-state index contributed by atoms with van der Waals surface area (Å²) in [6.45, 7) is 2.46. The highest BCUT2D eigenvalue weighted by Crippen LogP contribution is 2.22. The zero-order chi connectivity index (χ0) is 13.0. The first kappa shape index (κ1) is 12.0. The van der Waals surface area contributed by atoms with Gasteiger partial charge in [0.2, 0.25) is 0 Å². The number of nitro groups is 1. The van der Waals surface area contributed by atoms with Crippen LogP contribution in [0.15, 0.2) is 36.9 Å². The van der Waals surface area contributed by atoms with Crippen molar-refractivity contribution in [3.63, 3.8) is 0 Å². The van der Waals surface area contributed by atoms with Gasteiger partial charge in [-0.15, -0.1) is 0 Å². The van der Waals surface area contributed by atoms with Gasteiger partial charge in [0.25, 0.3) is 0 Å². The quantitative estimate of drug-likeness (QED) is 0.659. The van der Waals surface area contributed by atoms with Crippen LogP contribution in [0.3, 0.4) is 0 Å². The molecule has 2 aromatic rings. The number of anilines is 1. The van der Waals surface area contributed by atoms with Crippen LogP contribution in [-0.2, 0) is 6.54 Å². The summed E-state index contributed by atoms with van der Waals surface area (Å²) in [5.41, 5.74) is 2.52. The standard InChI is InChI=1S/C12H12N4O2/c1-9-2-4-13-6-10(9)7-15-11-3-5-14-8-12(11)16(17)18/h2-6,8H,7H2,1H3,(H,14,15). The molecule has 6 heteroatoms. The maximum absolute atomic E-state index is 10.8. The Hall–Kier alpha value is -2.50. The molecule has 2 rings (SSSR count). The average molecular weight is 244 g/mol. The van der Waals surface area contributed by atoms with Crippen LogP contribution in [0.1, 0.15) is 11.1 Å². The summed E-state index contributed by atoms with van der Waals surface area (Å²) in [6.07, 6.45) is 6.22. The van der Waals surface area contributed by atoms with Gasteiger partial charge in [0.15, 0.2) is 0 Å². The van der Waals surface area contributed by atoms with Gasteiger partial charge in [-0.2, -0.15) is 0 Å². The average Bonchev–Trinajstić information content (AvgIpc) is 2.38. The second-order valence-corrected chi connectivity index (χ2v) is 3.81. The van der Waals surface area contributed by atoms with Crippen molar-refractivity contribution in [3.05, 3.63) is 58.2 Å². The van der Waals surface area contributed by atoms with Crippen LogP contribution in [0.5, 0.6) is 0 Å². The lowest BCUT2D eigenvalue weighted by molar-refractivity contribution is -0.384. The Morgan fingerprint density at radius 2 is 2.00 bits per heavy atom. The molecule has 0 aliphatic heterocycles. The van der Waals surface area contributed by atoms with Crippen LogP contribution in [0, 0.1) is 17.0 Å². The van der Waals surface area contributed by atoms with Crippen LogP contribution >= 0.6 is 0 Å². The lowest BCUT2D eigenvalue weighted by Gasteiger charge is -2.08. The predicted molar refractivity (Wildman–Crippen MR) is 67.2 cm³/mol. The third-order valence-electron chi connectivity index (χ3n) is 2.61. The van der Waals surface area contributed by atoms with Crippen molar-refractivity contribution >= 4 is 11.4 Å². The molecule has 0 atom stereocenters. The first-order valence-corrected chi connectivity index (χ1v) is 5.40. The lowest BCUT2D eigenvalue weighted by Crippen LogP contribution is -2.04. The Bertz CT molecular complexity index is 572. The van der Waals surface area contributed by atoms with Gasteiger partial charge in [0.05, 0.1) is 4.92 Å². The van der Waals surface area contributed by atoms with E-state index in [-0.39, 0.29) is 5.69 Å². The third-order valence-corrected chi connectivity index (χ3v) is 2.61. The molecule has 0 aliphatic rings. The highest BCUT2D eigenvalue weighted by Gasteiger charge is 2.12. The van der Waals surface area contributed by atoms with E-state index in [9.17, 15) is 10.1 Å². The molecule has 0 unspecified atom stereocenters. The number of pyridine rings is 2. The highest BCUT2D eigenvalue weighted by molar-refractivity contribution is 5.59. The second kappa shape index (κ2) is 5.22. The molecule has 0 bridgehead atoms. The number of aryl methyl sites for hydroxylation is 1. The molecule has 92 valence electrons. The fourth-order valence-electron chi connectivity index (χ4n) is 1.55. The Balaban J connectivity index is 2.16. The third kappa shape index (κ3) is 2.60. The number of hydrogen-bond acceptors (Lipinski definition) is 5. The molecule has 2 aromatic heterocycles. The maximum Gasteiger partial charge on any atom is 0.310 e. The minimum Gasteiger partial charge on any atom is -0.375 e. The zero-order valence-electron chi connectivity index (χ0n) is 9.83. The van der Waals surface area contributed by atoms with Crippen LogP contribution in [0.25, 0.3) is 0 Å². The molecule has 1 N–H and O–H groups in total. The topological polar surface area (TPSA) is 81.0 Å². The number of aromatic nitrogens is 2. The van der Waals surface area contributed by atoms with Gasteiger partial charge in [-0.1, -0.05) is 0 Å². The van der Waals surface area contributed by atoms with Gasteiger partial charge >= 0.3 is 5.69 Å². The van der Waals surface area contributed by atoms with Crippen molar-refractivity contribution in [1.29, 1.82) is 0 Å². The van der Waals surface area contributed by atoms with E-state index in [1.807, 2.05) is 13.0 Å². The van der Waals surface area contributed by atoms with Gasteiger partial charge in [0, 0.05) is 25.1 Å². The highest BCUT2D eigenvalue weighted by atomic mass is 16.6. The predicted octanol–water partition coefficient (Wildman–Crippen LogP) is 2.31. The molecule has 6 nitrogen and oxygen atoms in total. The molecule has 2 heterocycles. The summed E-state index contributed by atoms with van der Waals surface area (Å²) in [5, 5.41) is 13.8. The summed E-state index contributed by atoms with van der Waals surface area (Å²) in [5.74, 6) is 0. The molecule has 0 saturated carbocycles. The molecule has 0 amide bonds. The molecular formula is C12H12N4O2. The normalized spacial score (nSPS) is 10.1. The Morgan fingerprint density at radius 1 is 1.28 bits per heavy atom. The van der Waals surface area contributed by atoms with E-state index in [0.29, 0.717) is 12.2 Å². The number of nitrogens with one attached hydrogen (secondary N) is 1. The van der Waals surface area contributed by atoms with Crippen LogP contribution in [0.2, 0.25) is 0 Å². The maximum atomic E-state index is 10.8. The molecule has 0 aliphatic carbocycles. The van der Waals surface area contributed by atoms with E-state index < -0.39 is 4.92 Å². The summed E-state index contributed by atoms with van der Waals surface area (Å²) in [7, 11) is 0. The van der Waals surface area contributed by atoms with Crippen LogP contribution in [-0.4, -0.2) is 14.9 Å². The van der Waals surface area contributed by atoms with E-state index in [1.165, 1.54) is 12.4 Å². The molecule has 0 radical (unpaired) electrons. The van der Waals surface area contributed by atoms with Gasteiger partial charge in [-0.05, 0) is 30.2 Å². The van der Waals surface area contributed by atoms with E-state index >= 15 is 0 Å². The fraction of sp³-hybridized carbons (Fsp3) is 0.167. The van der Waals surface area contributed by atoms with Crippen LogP contribution < -0.4 is 5.32 Å². The van der Waals surface area contributed by atoms with Crippen molar-refractivity contribution in [2.45, 2.75) is 13.5 Å².